The molecule has 0 heterocycles. The first-order chi connectivity index (χ1) is 6.41. The van der Waals surface area contributed by atoms with Crippen LogP contribution in [0.4, 0.5) is 0 Å². The van der Waals surface area contributed by atoms with Crippen molar-refractivity contribution in [2.75, 3.05) is 0 Å². The van der Waals surface area contributed by atoms with Gasteiger partial charge in [0.25, 0.3) is 0 Å². The molecule has 0 N–H and O–H groups in total. The maximum atomic E-state index is 3.55. The first-order valence-corrected chi connectivity index (χ1v) is 5.69. The number of hydrogen-bond acceptors (Lipinski definition) is 0. The Labute approximate surface area is 83.7 Å². The summed E-state index contributed by atoms with van der Waals surface area (Å²) in [7, 11) is 0. The molecular formula is C13H24. The van der Waals surface area contributed by atoms with Crippen molar-refractivity contribution in [1.29, 1.82) is 0 Å². The fraction of sp³-hybridized carbons (Fsp3) is 0.692. The van der Waals surface area contributed by atoms with Crippen molar-refractivity contribution in [2.24, 2.45) is 0 Å². The Morgan fingerprint density at radius 2 is 1.46 bits per heavy atom. The van der Waals surface area contributed by atoms with Gasteiger partial charge in [0.15, 0.2) is 0 Å². The van der Waals surface area contributed by atoms with Crippen molar-refractivity contribution in [3.63, 3.8) is 0 Å². The lowest BCUT2D eigenvalue weighted by Crippen LogP contribution is -1.85. The highest BCUT2D eigenvalue weighted by Gasteiger charge is 1.95. The van der Waals surface area contributed by atoms with E-state index < -0.39 is 0 Å². The number of allylic oxidation sites excluding steroid dienone is 3. The number of rotatable bonds is 3. The van der Waals surface area contributed by atoms with Crippen LogP contribution in [0.25, 0.3) is 0 Å². The Bertz CT molecular complexity index is 106. The van der Waals surface area contributed by atoms with Crippen molar-refractivity contribution in [2.45, 2.75) is 58.3 Å². The van der Waals surface area contributed by atoms with Crippen LogP contribution in [0.2, 0.25) is 0 Å². The molecule has 0 saturated heterocycles. The molecule has 1 fully saturated rings. The summed E-state index contributed by atoms with van der Waals surface area (Å²) in [6.45, 7) is 5.71. The molecule has 0 aliphatic heterocycles. The zero-order valence-corrected chi connectivity index (χ0v) is 9.10. The minimum Gasteiger partial charge on any atom is -0.0991 e. The van der Waals surface area contributed by atoms with E-state index in [0.29, 0.717) is 0 Å². The van der Waals surface area contributed by atoms with Crippen molar-refractivity contribution in [1.82, 2.24) is 0 Å². The third kappa shape index (κ3) is 11.5. The van der Waals surface area contributed by atoms with Gasteiger partial charge in [0, 0.05) is 0 Å². The average molecular weight is 180 g/mol. The van der Waals surface area contributed by atoms with Crippen molar-refractivity contribution >= 4 is 0 Å². The molecule has 13 heavy (non-hydrogen) atoms. The molecule has 76 valence electrons. The van der Waals surface area contributed by atoms with Gasteiger partial charge in [-0.05, 0) is 6.42 Å². The molecule has 1 aliphatic carbocycles. The highest BCUT2D eigenvalue weighted by atomic mass is 14.0. The van der Waals surface area contributed by atoms with E-state index in [0.717, 1.165) is 0 Å². The Balaban J connectivity index is 0.000000223. The molecule has 0 amide bonds. The van der Waals surface area contributed by atoms with Crippen LogP contribution >= 0.6 is 0 Å². The van der Waals surface area contributed by atoms with Crippen LogP contribution < -0.4 is 0 Å². The topological polar surface area (TPSA) is 0 Å². The van der Waals surface area contributed by atoms with Gasteiger partial charge in [-0.15, -0.1) is 0 Å². The van der Waals surface area contributed by atoms with E-state index in [1.165, 1.54) is 51.4 Å². The fourth-order valence-corrected chi connectivity index (χ4v) is 1.42. The monoisotopic (exact) mass is 180 g/mol. The van der Waals surface area contributed by atoms with Gasteiger partial charge in [0.2, 0.25) is 0 Å². The van der Waals surface area contributed by atoms with E-state index in [9.17, 15) is 0 Å². The summed E-state index contributed by atoms with van der Waals surface area (Å²) in [4.78, 5) is 0. The second-order valence-electron chi connectivity index (χ2n) is 3.57. The molecule has 0 bridgehead atoms. The van der Waals surface area contributed by atoms with Crippen LogP contribution in [0, 0.1) is 0 Å². The van der Waals surface area contributed by atoms with E-state index in [1.807, 2.05) is 6.08 Å². The Morgan fingerprint density at radius 1 is 1.00 bits per heavy atom. The van der Waals surface area contributed by atoms with Gasteiger partial charge in [0.1, 0.15) is 0 Å². The van der Waals surface area contributed by atoms with Gasteiger partial charge >= 0.3 is 0 Å². The Hall–Kier alpha value is -0.520. The van der Waals surface area contributed by atoms with E-state index in [1.54, 1.807) is 6.08 Å². The minimum absolute atomic E-state index is 1.17. The first-order valence-electron chi connectivity index (χ1n) is 5.69. The van der Waals surface area contributed by atoms with Crippen LogP contribution in [-0.4, -0.2) is 0 Å². The molecular weight excluding hydrogens is 156 g/mol. The lowest BCUT2D eigenvalue weighted by atomic mass is 10.0. The third-order valence-corrected chi connectivity index (χ3v) is 2.23. The zero-order chi connectivity index (χ0) is 9.78. The lowest BCUT2D eigenvalue weighted by Gasteiger charge is -2.05. The highest BCUT2D eigenvalue weighted by Crippen LogP contribution is 2.15. The summed E-state index contributed by atoms with van der Waals surface area (Å²) < 4.78 is 0. The predicted octanol–water partition coefficient (Wildman–Crippen LogP) is 4.87. The summed E-state index contributed by atoms with van der Waals surface area (Å²) in [6, 6.07) is 0. The van der Waals surface area contributed by atoms with Gasteiger partial charge in [-0.3, -0.25) is 0 Å². The molecule has 1 saturated carbocycles. The van der Waals surface area contributed by atoms with Gasteiger partial charge < -0.3 is 0 Å². The van der Waals surface area contributed by atoms with Crippen molar-refractivity contribution in [3.05, 3.63) is 24.8 Å². The van der Waals surface area contributed by atoms with E-state index in [4.69, 9.17) is 0 Å². The number of unbranched alkanes of at least 4 members (excludes halogenated alkanes) is 1. The summed E-state index contributed by atoms with van der Waals surface area (Å²) >= 11 is 0. The van der Waals surface area contributed by atoms with Crippen LogP contribution in [0.5, 0.6) is 0 Å². The predicted molar refractivity (Wildman–Crippen MR) is 61.9 cm³/mol. The molecule has 1 aliphatic rings. The van der Waals surface area contributed by atoms with Crippen LogP contribution in [0.1, 0.15) is 58.3 Å². The van der Waals surface area contributed by atoms with Crippen LogP contribution in [-0.2, 0) is 0 Å². The van der Waals surface area contributed by atoms with E-state index in [-0.39, 0.29) is 0 Å². The standard InChI is InChI=1S/C7H12.C6H12/c1-3-5-7-6-4-2;1-2-4-6-5-3-1/h3,5,7H,1,4,6H2,2H3;1-6H2. The average Bonchev–Trinajstić information content (AvgIpc) is 2.22. The summed E-state index contributed by atoms with van der Waals surface area (Å²) in [6.07, 6.45) is 17.3. The maximum Gasteiger partial charge on any atom is -0.0350 e. The number of hydrogen-bond donors (Lipinski definition) is 0. The molecule has 0 nitrogen and oxygen atoms in total. The first kappa shape index (κ1) is 12.5. The van der Waals surface area contributed by atoms with Gasteiger partial charge in [-0.2, -0.15) is 0 Å². The van der Waals surface area contributed by atoms with Crippen molar-refractivity contribution in [3.8, 4) is 0 Å². The zero-order valence-electron chi connectivity index (χ0n) is 9.10. The molecule has 1 rings (SSSR count). The normalized spacial score (nSPS) is 16.4. The largest absolute Gasteiger partial charge is 0.0991 e. The lowest BCUT2D eigenvalue weighted by molar-refractivity contribution is 0.504. The smallest absolute Gasteiger partial charge is 0.0350 e. The molecule has 0 aromatic rings. The van der Waals surface area contributed by atoms with E-state index >= 15 is 0 Å². The quantitative estimate of drug-likeness (QED) is 0.544. The van der Waals surface area contributed by atoms with E-state index in [2.05, 4.69) is 19.6 Å². The molecule has 0 aromatic carbocycles. The molecule has 0 spiro atoms. The fourth-order valence-electron chi connectivity index (χ4n) is 1.42. The summed E-state index contributed by atoms with van der Waals surface area (Å²) in [5.41, 5.74) is 0. The second kappa shape index (κ2) is 11.5. The summed E-state index contributed by atoms with van der Waals surface area (Å²) in [5, 5.41) is 0. The SMILES string of the molecule is C1CCCCC1.C=CC=CCCC. The second-order valence-corrected chi connectivity index (χ2v) is 3.57. The molecule has 0 radical (unpaired) electrons. The van der Waals surface area contributed by atoms with Crippen LogP contribution in [0.15, 0.2) is 24.8 Å². The molecule has 0 aromatic heterocycles. The van der Waals surface area contributed by atoms with Crippen molar-refractivity contribution < 1.29 is 0 Å². The van der Waals surface area contributed by atoms with Gasteiger partial charge in [-0.1, -0.05) is 76.7 Å². The minimum atomic E-state index is 1.17. The highest BCUT2D eigenvalue weighted by molar-refractivity contribution is 4.96. The Morgan fingerprint density at radius 3 is 1.77 bits per heavy atom. The molecule has 0 unspecified atom stereocenters. The Kier molecular flexibility index (Phi) is 11.0. The maximum absolute atomic E-state index is 3.55. The molecule has 0 heteroatoms. The van der Waals surface area contributed by atoms with Crippen LogP contribution in [0.3, 0.4) is 0 Å². The third-order valence-electron chi connectivity index (χ3n) is 2.23. The van der Waals surface area contributed by atoms with Gasteiger partial charge in [-0.25, -0.2) is 0 Å². The molecule has 0 atom stereocenters. The van der Waals surface area contributed by atoms with Gasteiger partial charge in [0.05, 0.1) is 0 Å². The summed E-state index contributed by atoms with van der Waals surface area (Å²) in [5.74, 6) is 0.